The van der Waals surface area contributed by atoms with E-state index in [1.165, 1.54) is 12.1 Å². The zero-order valence-corrected chi connectivity index (χ0v) is 13.5. The maximum Gasteiger partial charge on any atom is 0.255 e. The van der Waals surface area contributed by atoms with Gasteiger partial charge in [-0.3, -0.25) is 4.79 Å². The zero-order valence-electron chi connectivity index (χ0n) is 12.0. The van der Waals surface area contributed by atoms with E-state index in [1.807, 2.05) is 0 Å². The summed E-state index contributed by atoms with van der Waals surface area (Å²) in [5.74, 6) is -0.0535. The SMILES string of the molecule is CC(NC(=O)c1cccc2c1OCO2)c1cc(F)c(Cl)cc1Cl. The number of fused-ring (bicyclic) bond motifs is 1. The molecule has 0 fully saturated rings. The number of para-hydroxylation sites is 1. The van der Waals surface area contributed by atoms with Crippen molar-refractivity contribution in [1.82, 2.24) is 5.32 Å². The van der Waals surface area contributed by atoms with Crippen LogP contribution in [0.3, 0.4) is 0 Å². The van der Waals surface area contributed by atoms with E-state index < -0.39 is 11.9 Å². The molecule has 1 aliphatic rings. The third-order valence-corrected chi connectivity index (χ3v) is 4.11. The summed E-state index contributed by atoms with van der Waals surface area (Å²) in [5, 5.41) is 2.97. The monoisotopic (exact) mass is 355 g/mol. The molecule has 0 spiro atoms. The van der Waals surface area contributed by atoms with E-state index in [0.29, 0.717) is 22.6 Å². The van der Waals surface area contributed by atoms with E-state index in [9.17, 15) is 9.18 Å². The summed E-state index contributed by atoms with van der Waals surface area (Å²) in [6.45, 7) is 1.77. The van der Waals surface area contributed by atoms with E-state index in [2.05, 4.69) is 5.32 Å². The van der Waals surface area contributed by atoms with E-state index in [1.54, 1.807) is 25.1 Å². The Morgan fingerprint density at radius 1 is 1.26 bits per heavy atom. The Kier molecular flexibility index (Phi) is 4.33. The third kappa shape index (κ3) is 3.07. The fourth-order valence-electron chi connectivity index (χ4n) is 2.33. The summed E-state index contributed by atoms with van der Waals surface area (Å²) in [6.07, 6.45) is 0. The number of halogens is 3. The van der Waals surface area contributed by atoms with Crippen LogP contribution in [0.1, 0.15) is 28.9 Å². The van der Waals surface area contributed by atoms with Crippen molar-refractivity contribution in [3.63, 3.8) is 0 Å². The number of carbonyl (C=O) groups excluding carboxylic acids is 1. The molecule has 3 rings (SSSR count). The van der Waals surface area contributed by atoms with Gasteiger partial charge in [0.25, 0.3) is 5.91 Å². The molecule has 7 heteroatoms. The van der Waals surface area contributed by atoms with Gasteiger partial charge in [-0.15, -0.1) is 0 Å². The van der Waals surface area contributed by atoms with Gasteiger partial charge in [0.2, 0.25) is 6.79 Å². The molecule has 1 atom stereocenters. The Labute approximate surface area is 142 Å². The Morgan fingerprint density at radius 3 is 2.83 bits per heavy atom. The average molecular weight is 356 g/mol. The lowest BCUT2D eigenvalue weighted by molar-refractivity contribution is 0.0935. The Bertz CT molecular complexity index is 782. The van der Waals surface area contributed by atoms with Crippen LogP contribution in [-0.2, 0) is 0 Å². The lowest BCUT2D eigenvalue weighted by atomic mass is 10.1. The van der Waals surface area contributed by atoms with Gasteiger partial charge in [-0.1, -0.05) is 29.3 Å². The third-order valence-electron chi connectivity index (χ3n) is 3.49. The second kappa shape index (κ2) is 6.26. The number of benzene rings is 2. The van der Waals surface area contributed by atoms with Crippen LogP contribution in [0.25, 0.3) is 0 Å². The van der Waals surface area contributed by atoms with Crippen molar-refractivity contribution in [1.29, 1.82) is 0 Å². The number of carbonyl (C=O) groups is 1. The summed E-state index contributed by atoms with van der Waals surface area (Å²) in [4.78, 5) is 12.4. The number of amides is 1. The summed E-state index contributed by atoms with van der Waals surface area (Å²) in [5.41, 5.74) is 0.782. The topological polar surface area (TPSA) is 47.6 Å². The minimum atomic E-state index is -0.593. The van der Waals surface area contributed by atoms with Gasteiger partial charge in [0.15, 0.2) is 11.5 Å². The lowest BCUT2D eigenvalue weighted by Gasteiger charge is -2.17. The molecular formula is C16H12Cl2FNO3. The van der Waals surface area contributed by atoms with Gasteiger partial charge in [-0.25, -0.2) is 4.39 Å². The van der Waals surface area contributed by atoms with E-state index in [0.717, 1.165) is 0 Å². The molecule has 4 nitrogen and oxygen atoms in total. The van der Waals surface area contributed by atoms with Crippen LogP contribution in [0.15, 0.2) is 30.3 Å². The van der Waals surface area contributed by atoms with Gasteiger partial charge in [0.05, 0.1) is 16.6 Å². The second-order valence-corrected chi connectivity index (χ2v) is 5.84. The van der Waals surface area contributed by atoms with Crippen LogP contribution in [0.4, 0.5) is 4.39 Å². The number of nitrogens with one attached hydrogen (secondary N) is 1. The number of hydrogen-bond acceptors (Lipinski definition) is 3. The van der Waals surface area contributed by atoms with Crippen LogP contribution in [-0.4, -0.2) is 12.7 Å². The minimum absolute atomic E-state index is 0.0660. The maximum absolute atomic E-state index is 13.6. The normalized spacial score (nSPS) is 13.7. The zero-order chi connectivity index (χ0) is 16.6. The number of rotatable bonds is 3. The summed E-state index contributed by atoms with van der Waals surface area (Å²) in [6, 6.07) is 7.05. The molecular weight excluding hydrogens is 344 g/mol. The molecule has 0 aliphatic carbocycles. The first-order chi connectivity index (χ1) is 11.0. The van der Waals surface area contributed by atoms with Crippen LogP contribution in [0.5, 0.6) is 11.5 Å². The first kappa shape index (κ1) is 15.9. The second-order valence-electron chi connectivity index (χ2n) is 5.02. The quantitative estimate of drug-likeness (QED) is 0.832. The van der Waals surface area contributed by atoms with Crippen LogP contribution in [0, 0.1) is 5.82 Å². The van der Waals surface area contributed by atoms with Crippen LogP contribution < -0.4 is 14.8 Å². The van der Waals surface area contributed by atoms with Gasteiger partial charge in [0.1, 0.15) is 5.82 Å². The highest BCUT2D eigenvalue weighted by Gasteiger charge is 2.23. The molecule has 1 aliphatic heterocycles. The predicted molar refractivity (Wildman–Crippen MR) is 84.9 cm³/mol. The molecule has 0 radical (unpaired) electrons. The Morgan fingerprint density at radius 2 is 2.04 bits per heavy atom. The van der Waals surface area contributed by atoms with Gasteiger partial charge < -0.3 is 14.8 Å². The molecule has 0 bridgehead atoms. The van der Waals surface area contributed by atoms with Crippen molar-refractivity contribution >= 4 is 29.1 Å². The van der Waals surface area contributed by atoms with Crippen LogP contribution in [0.2, 0.25) is 10.0 Å². The Hall–Kier alpha value is -1.98. The van der Waals surface area contributed by atoms with Gasteiger partial charge in [-0.2, -0.15) is 0 Å². The molecule has 0 saturated heterocycles. The van der Waals surface area contributed by atoms with Crippen molar-refractivity contribution < 1.29 is 18.7 Å². The molecule has 1 heterocycles. The fraction of sp³-hybridized carbons (Fsp3) is 0.188. The predicted octanol–water partition coefficient (Wildman–Crippen LogP) is 4.35. The molecule has 120 valence electrons. The molecule has 1 amide bonds. The maximum atomic E-state index is 13.6. The fourth-order valence-corrected chi connectivity index (χ4v) is 2.88. The summed E-state index contributed by atoms with van der Waals surface area (Å²) < 4.78 is 24.2. The van der Waals surface area contributed by atoms with Crippen molar-refractivity contribution in [3.05, 3.63) is 57.3 Å². The summed E-state index contributed by atoms with van der Waals surface area (Å²) >= 11 is 11.8. The molecule has 0 aromatic heterocycles. The molecule has 1 N–H and O–H groups in total. The molecule has 2 aromatic rings. The lowest BCUT2D eigenvalue weighted by Crippen LogP contribution is -2.27. The van der Waals surface area contributed by atoms with Crippen molar-refractivity contribution in [3.8, 4) is 11.5 Å². The molecule has 1 unspecified atom stereocenters. The highest BCUT2D eigenvalue weighted by molar-refractivity contribution is 6.35. The minimum Gasteiger partial charge on any atom is -0.454 e. The van der Waals surface area contributed by atoms with E-state index in [4.69, 9.17) is 32.7 Å². The van der Waals surface area contributed by atoms with Gasteiger partial charge in [0, 0.05) is 5.02 Å². The largest absolute Gasteiger partial charge is 0.454 e. The standard InChI is InChI=1S/C16H12Cl2FNO3/c1-8(10-5-13(19)12(18)6-11(10)17)20-16(21)9-3-2-4-14-15(9)23-7-22-14/h2-6,8H,7H2,1H3,(H,20,21). The summed E-state index contributed by atoms with van der Waals surface area (Å²) in [7, 11) is 0. The number of hydrogen-bond donors (Lipinski definition) is 1. The van der Waals surface area contributed by atoms with Gasteiger partial charge >= 0.3 is 0 Å². The van der Waals surface area contributed by atoms with E-state index in [-0.39, 0.29) is 22.7 Å². The smallest absolute Gasteiger partial charge is 0.255 e. The van der Waals surface area contributed by atoms with Crippen LogP contribution >= 0.6 is 23.2 Å². The van der Waals surface area contributed by atoms with E-state index >= 15 is 0 Å². The number of ether oxygens (including phenoxy) is 2. The highest BCUT2D eigenvalue weighted by Crippen LogP contribution is 2.36. The highest BCUT2D eigenvalue weighted by atomic mass is 35.5. The molecule has 23 heavy (non-hydrogen) atoms. The van der Waals surface area contributed by atoms with Crippen molar-refractivity contribution in [2.24, 2.45) is 0 Å². The molecule has 2 aromatic carbocycles. The van der Waals surface area contributed by atoms with Crippen molar-refractivity contribution in [2.75, 3.05) is 6.79 Å². The van der Waals surface area contributed by atoms with Crippen molar-refractivity contribution in [2.45, 2.75) is 13.0 Å². The first-order valence-electron chi connectivity index (χ1n) is 6.81. The molecule has 0 saturated carbocycles. The first-order valence-corrected chi connectivity index (χ1v) is 7.57. The average Bonchev–Trinajstić information content (AvgIpc) is 2.99. The Balaban J connectivity index is 1.84. The van der Waals surface area contributed by atoms with Gasteiger partial charge in [-0.05, 0) is 36.8 Å².